The molecule has 0 spiro atoms. The fourth-order valence-corrected chi connectivity index (χ4v) is 3.16. The highest BCUT2D eigenvalue weighted by molar-refractivity contribution is 6.31. The molecule has 1 aliphatic rings. The van der Waals surface area contributed by atoms with Gasteiger partial charge in [0.05, 0.1) is 24.8 Å². The molecule has 2 heterocycles. The molecular weight excluding hydrogens is 343 g/mol. The Balaban J connectivity index is 1.54. The van der Waals surface area contributed by atoms with Gasteiger partial charge in [-0.25, -0.2) is 4.39 Å². The van der Waals surface area contributed by atoms with Crippen molar-refractivity contribution in [2.45, 2.75) is 32.0 Å². The van der Waals surface area contributed by atoms with E-state index in [0.717, 1.165) is 18.5 Å². The molecule has 1 amide bonds. The summed E-state index contributed by atoms with van der Waals surface area (Å²) >= 11 is 6.02. The van der Waals surface area contributed by atoms with Gasteiger partial charge in [0, 0.05) is 24.3 Å². The van der Waals surface area contributed by atoms with E-state index in [1.165, 1.54) is 12.1 Å². The van der Waals surface area contributed by atoms with Gasteiger partial charge in [-0.15, -0.1) is 0 Å². The molecule has 1 aromatic carbocycles. The van der Waals surface area contributed by atoms with Crippen molar-refractivity contribution in [1.29, 1.82) is 0 Å². The molecule has 3 rings (SSSR count). The molecule has 1 atom stereocenters. The van der Waals surface area contributed by atoms with Gasteiger partial charge < -0.3 is 9.64 Å². The Bertz CT molecular complexity index is 727. The average Bonchev–Trinajstić information content (AvgIpc) is 2.63. The maximum atomic E-state index is 13.1. The van der Waals surface area contributed by atoms with Crippen LogP contribution >= 0.6 is 11.6 Å². The van der Waals surface area contributed by atoms with Gasteiger partial charge in [0.15, 0.2) is 0 Å². The second-order valence-electron chi connectivity index (χ2n) is 6.15. The highest BCUT2D eigenvalue weighted by Gasteiger charge is 2.24. The number of rotatable bonds is 5. The molecule has 2 aromatic rings. The molecule has 4 nitrogen and oxygen atoms in total. The van der Waals surface area contributed by atoms with E-state index < -0.39 is 5.82 Å². The van der Waals surface area contributed by atoms with Crippen molar-refractivity contribution in [2.75, 3.05) is 13.1 Å². The molecular formula is C19H20ClFN2O2. The van der Waals surface area contributed by atoms with Crippen LogP contribution in [-0.4, -0.2) is 35.0 Å². The quantitative estimate of drug-likeness (QED) is 0.815. The van der Waals surface area contributed by atoms with Crippen molar-refractivity contribution < 1.29 is 13.9 Å². The highest BCUT2D eigenvalue weighted by Crippen LogP contribution is 2.20. The minimum atomic E-state index is -0.401. The summed E-state index contributed by atoms with van der Waals surface area (Å²) in [6, 6.07) is 9.83. The van der Waals surface area contributed by atoms with E-state index in [9.17, 15) is 9.18 Å². The molecule has 25 heavy (non-hydrogen) atoms. The third-order valence-electron chi connectivity index (χ3n) is 4.28. The number of hydrogen-bond acceptors (Lipinski definition) is 3. The third-order valence-corrected chi connectivity index (χ3v) is 4.63. The number of aromatic nitrogens is 1. The molecule has 1 aliphatic heterocycles. The fourth-order valence-electron chi connectivity index (χ4n) is 2.93. The zero-order valence-corrected chi connectivity index (χ0v) is 14.6. The molecule has 6 heteroatoms. The Morgan fingerprint density at radius 3 is 3.00 bits per heavy atom. The predicted molar refractivity (Wildman–Crippen MR) is 93.7 cm³/mol. The smallest absolute Gasteiger partial charge is 0.227 e. The number of pyridine rings is 1. The molecule has 1 aromatic heterocycles. The maximum absolute atomic E-state index is 13.1. The van der Waals surface area contributed by atoms with Gasteiger partial charge in [-0.05, 0) is 42.7 Å². The van der Waals surface area contributed by atoms with Crippen molar-refractivity contribution in [3.05, 3.63) is 64.7 Å². The normalized spacial score (nSPS) is 17.5. The van der Waals surface area contributed by atoms with Crippen LogP contribution in [0.5, 0.6) is 0 Å². The van der Waals surface area contributed by atoms with Crippen LogP contribution in [0, 0.1) is 5.82 Å². The predicted octanol–water partition coefficient (Wildman–Crippen LogP) is 3.62. The summed E-state index contributed by atoms with van der Waals surface area (Å²) < 4.78 is 19.0. The van der Waals surface area contributed by atoms with E-state index in [4.69, 9.17) is 16.3 Å². The molecule has 0 bridgehead atoms. The van der Waals surface area contributed by atoms with Gasteiger partial charge in [0.2, 0.25) is 5.91 Å². The molecule has 1 saturated heterocycles. The van der Waals surface area contributed by atoms with Crippen LogP contribution in [0.15, 0.2) is 42.6 Å². The van der Waals surface area contributed by atoms with Crippen molar-refractivity contribution in [2.24, 2.45) is 0 Å². The lowest BCUT2D eigenvalue weighted by Gasteiger charge is -2.32. The van der Waals surface area contributed by atoms with E-state index in [-0.39, 0.29) is 23.5 Å². The average molecular weight is 363 g/mol. The first-order valence-corrected chi connectivity index (χ1v) is 8.73. The Morgan fingerprint density at radius 2 is 2.24 bits per heavy atom. The number of likely N-dealkylation sites (tertiary alicyclic amines) is 1. The summed E-state index contributed by atoms with van der Waals surface area (Å²) in [6.45, 7) is 1.71. The zero-order chi connectivity index (χ0) is 17.6. The number of piperidine rings is 1. The number of carbonyl (C=O) groups is 1. The van der Waals surface area contributed by atoms with Crippen LogP contribution in [0.4, 0.5) is 4.39 Å². The van der Waals surface area contributed by atoms with E-state index in [1.807, 2.05) is 18.2 Å². The summed E-state index contributed by atoms with van der Waals surface area (Å²) in [5.74, 6) is -0.415. The molecule has 0 saturated carbocycles. The van der Waals surface area contributed by atoms with Crippen LogP contribution < -0.4 is 0 Å². The lowest BCUT2D eigenvalue weighted by atomic mass is 10.1. The van der Waals surface area contributed by atoms with E-state index in [1.54, 1.807) is 17.2 Å². The summed E-state index contributed by atoms with van der Waals surface area (Å²) in [7, 11) is 0. The summed E-state index contributed by atoms with van der Waals surface area (Å²) in [6.07, 6.45) is 3.74. The largest absolute Gasteiger partial charge is 0.370 e. The Morgan fingerprint density at radius 1 is 1.36 bits per heavy atom. The van der Waals surface area contributed by atoms with Gasteiger partial charge >= 0.3 is 0 Å². The number of nitrogens with zero attached hydrogens (tertiary/aromatic N) is 2. The lowest BCUT2D eigenvalue weighted by molar-refractivity contribution is -0.134. The van der Waals surface area contributed by atoms with Gasteiger partial charge in [-0.3, -0.25) is 9.78 Å². The summed E-state index contributed by atoms with van der Waals surface area (Å²) in [5.41, 5.74) is 1.52. The van der Waals surface area contributed by atoms with Crippen molar-refractivity contribution in [1.82, 2.24) is 9.88 Å². The fraction of sp³-hybridized carbons (Fsp3) is 0.368. The number of benzene rings is 1. The van der Waals surface area contributed by atoms with Crippen molar-refractivity contribution >= 4 is 17.5 Å². The second-order valence-corrected chi connectivity index (χ2v) is 6.56. The monoisotopic (exact) mass is 362 g/mol. The van der Waals surface area contributed by atoms with Crippen LogP contribution in [0.1, 0.15) is 24.1 Å². The van der Waals surface area contributed by atoms with E-state index in [2.05, 4.69) is 4.98 Å². The van der Waals surface area contributed by atoms with Gasteiger partial charge in [0.25, 0.3) is 0 Å². The van der Waals surface area contributed by atoms with E-state index >= 15 is 0 Å². The molecule has 0 radical (unpaired) electrons. The molecule has 0 aliphatic carbocycles. The SMILES string of the molecule is O=C(Cc1ccc(F)cc1Cl)N1CCC[C@@H](OCc2ccccn2)C1. The van der Waals surface area contributed by atoms with Crippen LogP contribution in [0.2, 0.25) is 5.02 Å². The van der Waals surface area contributed by atoms with Crippen LogP contribution in [0.3, 0.4) is 0 Å². The first kappa shape index (κ1) is 17.8. The molecule has 132 valence electrons. The first-order valence-electron chi connectivity index (χ1n) is 8.35. The highest BCUT2D eigenvalue weighted by atomic mass is 35.5. The van der Waals surface area contributed by atoms with Gasteiger partial charge in [0.1, 0.15) is 5.82 Å². The second kappa shape index (κ2) is 8.41. The Kier molecular flexibility index (Phi) is 6.00. The molecule has 1 fully saturated rings. The topological polar surface area (TPSA) is 42.4 Å². The zero-order valence-electron chi connectivity index (χ0n) is 13.8. The number of carbonyl (C=O) groups excluding carboxylic acids is 1. The van der Waals surface area contributed by atoms with Gasteiger partial charge in [-0.1, -0.05) is 23.7 Å². The molecule has 0 unspecified atom stereocenters. The van der Waals surface area contributed by atoms with E-state index in [0.29, 0.717) is 25.3 Å². The summed E-state index contributed by atoms with van der Waals surface area (Å²) in [4.78, 5) is 18.6. The first-order chi connectivity index (χ1) is 12.1. The summed E-state index contributed by atoms with van der Waals surface area (Å²) in [5, 5.41) is 0.285. The van der Waals surface area contributed by atoms with Gasteiger partial charge in [-0.2, -0.15) is 0 Å². The Labute approximate surface area is 151 Å². The number of amides is 1. The van der Waals surface area contributed by atoms with Crippen molar-refractivity contribution in [3.63, 3.8) is 0 Å². The van der Waals surface area contributed by atoms with Crippen molar-refractivity contribution in [3.8, 4) is 0 Å². The minimum absolute atomic E-state index is 0.00314. The Hall–Kier alpha value is -1.98. The third kappa shape index (κ3) is 5.00. The number of hydrogen-bond donors (Lipinski definition) is 0. The van der Waals surface area contributed by atoms with Crippen LogP contribution in [0.25, 0.3) is 0 Å². The molecule has 0 N–H and O–H groups in total. The standard InChI is InChI=1S/C19H20ClFN2O2/c20-18-11-15(21)7-6-14(18)10-19(24)23-9-3-5-17(12-23)25-13-16-4-1-2-8-22-16/h1-2,4,6-8,11,17H,3,5,9-10,12-13H2/t17-/m1/s1. The maximum Gasteiger partial charge on any atom is 0.227 e. The number of ether oxygens (including phenoxy) is 1. The lowest BCUT2D eigenvalue weighted by Crippen LogP contribution is -2.43. The minimum Gasteiger partial charge on any atom is -0.370 e. The number of halogens is 2. The van der Waals surface area contributed by atoms with Crippen LogP contribution in [-0.2, 0) is 22.6 Å².